The lowest BCUT2D eigenvalue weighted by molar-refractivity contribution is 0.0909. The molecular weight excluding hydrogens is 216 g/mol. The monoisotopic (exact) mass is 236 g/mol. The Morgan fingerprint density at radius 3 is 2.71 bits per heavy atom. The van der Waals surface area contributed by atoms with Crippen LogP contribution in [-0.2, 0) is 6.54 Å². The van der Waals surface area contributed by atoms with E-state index in [1.165, 1.54) is 12.8 Å². The normalized spacial score (nSPS) is 18.5. The number of aliphatic hydroxyl groups is 1. The topological polar surface area (TPSA) is 55.1 Å². The molecule has 1 fully saturated rings. The lowest BCUT2D eigenvalue weighted by atomic mass is 10.0. The number of hydrogen-bond donors (Lipinski definition) is 1. The van der Waals surface area contributed by atoms with Gasteiger partial charge in [0.05, 0.1) is 12.6 Å². The van der Waals surface area contributed by atoms with Crippen molar-refractivity contribution < 1.29 is 5.11 Å². The number of aromatic nitrogens is 2. The third-order valence-electron chi connectivity index (χ3n) is 3.66. The molecule has 1 aliphatic rings. The van der Waals surface area contributed by atoms with E-state index in [4.69, 9.17) is 0 Å². The van der Waals surface area contributed by atoms with E-state index < -0.39 is 6.10 Å². The molecule has 1 heterocycles. The minimum absolute atomic E-state index is 0.250. The molecule has 94 valence electrons. The minimum atomic E-state index is -0.418. The zero-order valence-electron chi connectivity index (χ0n) is 10.5. The third-order valence-corrected chi connectivity index (χ3v) is 3.66. The van der Waals surface area contributed by atoms with Crippen molar-refractivity contribution in [2.24, 2.45) is 5.92 Å². The van der Waals surface area contributed by atoms with Gasteiger partial charge in [-0.25, -0.2) is 4.79 Å². The molecule has 17 heavy (non-hydrogen) atoms. The second-order valence-corrected chi connectivity index (χ2v) is 5.04. The summed E-state index contributed by atoms with van der Waals surface area (Å²) in [5.41, 5.74) is 1.36. The van der Waals surface area contributed by atoms with Gasteiger partial charge in [-0.2, -0.15) is 4.98 Å². The van der Waals surface area contributed by atoms with Crippen molar-refractivity contribution in [2.75, 3.05) is 0 Å². The maximum Gasteiger partial charge on any atom is 0.348 e. The Balaban J connectivity index is 2.15. The summed E-state index contributed by atoms with van der Waals surface area (Å²) in [5, 5.41) is 10.1. The van der Waals surface area contributed by atoms with Gasteiger partial charge < -0.3 is 5.11 Å². The largest absolute Gasteiger partial charge is 0.391 e. The van der Waals surface area contributed by atoms with Crippen LogP contribution in [0, 0.1) is 19.8 Å². The highest BCUT2D eigenvalue weighted by Gasteiger charge is 2.24. The summed E-state index contributed by atoms with van der Waals surface area (Å²) in [6.07, 6.45) is 4.13. The zero-order chi connectivity index (χ0) is 12.4. The van der Waals surface area contributed by atoms with Gasteiger partial charge >= 0.3 is 5.69 Å². The van der Waals surface area contributed by atoms with Crippen LogP contribution in [0.4, 0.5) is 0 Å². The fraction of sp³-hybridized carbons (Fsp3) is 0.692. The molecule has 1 unspecified atom stereocenters. The first-order valence-corrected chi connectivity index (χ1v) is 6.31. The van der Waals surface area contributed by atoms with Gasteiger partial charge in [-0.1, -0.05) is 12.8 Å². The molecular formula is C13H20N2O2. The first-order valence-electron chi connectivity index (χ1n) is 6.31. The molecule has 0 bridgehead atoms. The Hall–Kier alpha value is -1.16. The molecule has 0 amide bonds. The van der Waals surface area contributed by atoms with Crippen LogP contribution in [0.25, 0.3) is 0 Å². The molecule has 0 saturated heterocycles. The molecule has 1 saturated carbocycles. The van der Waals surface area contributed by atoms with Crippen molar-refractivity contribution in [1.29, 1.82) is 0 Å². The molecule has 0 aliphatic heterocycles. The third kappa shape index (κ3) is 2.75. The van der Waals surface area contributed by atoms with E-state index in [1.807, 2.05) is 19.9 Å². The lowest BCUT2D eigenvalue weighted by Gasteiger charge is -2.19. The van der Waals surface area contributed by atoms with E-state index in [1.54, 1.807) is 4.57 Å². The van der Waals surface area contributed by atoms with Crippen LogP contribution in [0.15, 0.2) is 10.9 Å². The van der Waals surface area contributed by atoms with E-state index in [0.717, 1.165) is 24.2 Å². The van der Waals surface area contributed by atoms with Gasteiger partial charge in [0.2, 0.25) is 0 Å². The van der Waals surface area contributed by atoms with E-state index in [2.05, 4.69) is 4.98 Å². The molecule has 0 spiro atoms. The summed E-state index contributed by atoms with van der Waals surface area (Å²) < 4.78 is 1.58. The predicted molar refractivity (Wildman–Crippen MR) is 65.9 cm³/mol. The Morgan fingerprint density at radius 1 is 1.47 bits per heavy atom. The molecule has 0 radical (unpaired) electrons. The van der Waals surface area contributed by atoms with E-state index >= 15 is 0 Å². The molecule has 1 aromatic rings. The first-order chi connectivity index (χ1) is 8.08. The first kappa shape index (κ1) is 12.3. The number of hydrogen-bond acceptors (Lipinski definition) is 3. The van der Waals surface area contributed by atoms with Crippen molar-refractivity contribution in [3.63, 3.8) is 0 Å². The highest BCUT2D eigenvalue weighted by Crippen LogP contribution is 2.28. The van der Waals surface area contributed by atoms with Gasteiger partial charge in [0.15, 0.2) is 0 Å². The van der Waals surface area contributed by atoms with Crippen molar-refractivity contribution in [3.8, 4) is 0 Å². The lowest BCUT2D eigenvalue weighted by Crippen LogP contribution is -2.33. The maximum atomic E-state index is 11.8. The van der Waals surface area contributed by atoms with Gasteiger partial charge in [0.25, 0.3) is 0 Å². The van der Waals surface area contributed by atoms with E-state index in [9.17, 15) is 9.90 Å². The number of nitrogens with zero attached hydrogens (tertiary/aromatic N) is 2. The molecule has 4 heteroatoms. The predicted octanol–water partition coefficient (Wildman–Crippen LogP) is 1.41. The van der Waals surface area contributed by atoms with Gasteiger partial charge in [-0.15, -0.1) is 0 Å². The van der Waals surface area contributed by atoms with Gasteiger partial charge in [0.1, 0.15) is 0 Å². The van der Waals surface area contributed by atoms with Crippen LogP contribution in [0.1, 0.15) is 37.1 Å². The van der Waals surface area contributed by atoms with Gasteiger partial charge in [-0.3, -0.25) is 4.57 Å². The van der Waals surface area contributed by atoms with Crippen molar-refractivity contribution in [1.82, 2.24) is 9.55 Å². The van der Waals surface area contributed by atoms with E-state index in [-0.39, 0.29) is 5.69 Å². The maximum absolute atomic E-state index is 11.8. The van der Waals surface area contributed by atoms with Crippen molar-refractivity contribution in [2.45, 2.75) is 52.2 Å². The average molecular weight is 236 g/mol. The Bertz CT molecular complexity index is 447. The molecule has 1 atom stereocenters. The Labute approximate surface area is 101 Å². The minimum Gasteiger partial charge on any atom is -0.391 e. The SMILES string of the molecule is Cc1cc(C)n(CC(O)C2CCCC2)c(=O)n1. The average Bonchev–Trinajstić information content (AvgIpc) is 2.76. The summed E-state index contributed by atoms with van der Waals surface area (Å²) in [6, 6.07) is 1.88. The molecule has 1 aromatic heterocycles. The number of aryl methyl sites for hydroxylation is 2. The van der Waals surface area contributed by atoms with Crippen LogP contribution in [0.5, 0.6) is 0 Å². The van der Waals surface area contributed by atoms with Crippen molar-refractivity contribution >= 4 is 0 Å². The van der Waals surface area contributed by atoms with Gasteiger partial charge in [0, 0.05) is 11.4 Å². The Kier molecular flexibility index (Phi) is 3.62. The standard InChI is InChI=1S/C13H20N2O2/c1-9-7-10(2)15(13(17)14-9)8-12(16)11-5-3-4-6-11/h7,11-12,16H,3-6,8H2,1-2H3. The quantitative estimate of drug-likeness (QED) is 0.863. The van der Waals surface area contributed by atoms with Gasteiger partial charge in [-0.05, 0) is 38.7 Å². The molecule has 1 aliphatic carbocycles. The molecule has 2 rings (SSSR count). The second kappa shape index (κ2) is 5.00. The van der Waals surface area contributed by atoms with Crippen LogP contribution in [-0.4, -0.2) is 20.8 Å². The van der Waals surface area contributed by atoms with Crippen molar-refractivity contribution in [3.05, 3.63) is 27.9 Å². The molecule has 1 N–H and O–H groups in total. The fourth-order valence-corrected chi connectivity index (χ4v) is 2.67. The zero-order valence-corrected chi connectivity index (χ0v) is 10.5. The van der Waals surface area contributed by atoms with E-state index in [0.29, 0.717) is 12.5 Å². The fourth-order valence-electron chi connectivity index (χ4n) is 2.67. The van der Waals surface area contributed by atoms with Crippen LogP contribution in [0.3, 0.4) is 0 Å². The smallest absolute Gasteiger partial charge is 0.348 e. The molecule has 4 nitrogen and oxygen atoms in total. The second-order valence-electron chi connectivity index (χ2n) is 5.04. The molecule has 0 aromatic carbocycles. The Morgan fingerprint density at radius 2 is 2.12 bits per heavy atom. The number of rotatable bonds is 3. The highest BCUT2D eigenvalue weighted by molar-refractivity contribution is 5.06. The summed E-state index contributed by atoms with van der Waals surface area (Å²) in [4.78, 5) is 15.7. The summed E-state index contributed by atoms with van der Waals surface area (Å²) >= 11 is 0. The van der Waals surface area contributed by atoms with Crippen LogP contribution >= 0.6 is 0 Å². The van der Waals surface area contributed by atoms with Crippen LogP contribution in [0.2, 0.25) is 0 Å². The van der Waals surface area contributed by atoms with Crippen LogP contribution < -0.4 is 5.69 Å². The highest BCUT2D eigenvalue weighted by atomic mass is 16.3. The summed E-state index contributed by atoms with van der Waals surface area (Å²) in [7, 11) is 0. The number of aliphatic hydroxyl groups excluding tert-OH is 1. The summed E-state index contributed by atoms with van der Waals surface area (Å²) in [6.45, 7) is 4.08. The summed E-state index contributed by atoms with van der Waals surface area (Å²) in [5.74, 6) is 0.350.